The molecule has 0 amide bonds. The van der Waals surface area contributed by atoms with Gasteiger partial charge in [0.15, 0.2) is 0 Å². The second-order valence-electron chi connectivity index (χ2n) is 8.37. The first kappa shape index (κ1) is 19.4. The van der Waals surface area contributed by atoms with E-state index in [1.54, 1.807) is 0 Å². The van der Waals surface area contributed by atoms with Gasteiger partial charge in [-0.1, -0.05) is 66.7 Å². The second-order valence-corrected chi connectivity index (χ2v) is 8.37. The van der Waals surface area contributed by atoms with Crippen LogP contribution in [0.5, 0.6) is 11.8 Å². The van der Waals surface area contributed by atoms with Crippen molar-refractivity contribution in [3.05, 3.63) is 84.4 Å². The smallest absolute Gasteiger partial charge is 0.333 e. The number of hydrogen-bond donors (Lipinski definition) is 2. The SMILES string of the molecule is O=C(CCCc1ccc2cccc3c4cccc5cccc(c1c23)c54)On1c(O)ccc1O. The molecule has 6 rings (SSSR count). The average Bonchev–Trinajstić information content (AvgIpc) is 3.14. The molecule has 33 heavy (non-hydrogen) atoms. The fourth-order valence-electron chi connectivity index (χ4n) is 5.00. The molecule has 0 bridgehead atoms. The van der Waals surface area contributed by atoms with E-state index in [1.165, 1.54) is 60.8 Å². The highest BCUT2D eigenvalue weighted by Gasteiger charge is 2.16. The van der Waals surface area contributed by atoms with Gasteiger partial charge in [-0.25, -0.2) is 4.79 Å². The van der Waals surface area contributed by atoms with Crippen LogP contribution >= 0.6 is 0 Å². The molecule has 0 spiro atoms. The Balaban J connectivity index is 1.39. The molecule has 1 aromatic heterocycles. The molecule has 5 aromatic carbocycles. The molecule has 2 N–H and O–H groups in total. The van der Waals surface area contributed by atoms with Gasteiger partial charge in [-0.05, 0) is 61.5 Å². The summed E-state index contributed by atoms with van der Waals surface area (Å²) in [6.07, 6.45) is 1.45. The van der Waals surface area contributed by atoms with Gasteiger partial charge < -0.3 is 15.1 Å². The number of fused-ring (bicyclic) bond motifs is 2. The Hall–Kier alpha value is -4.25. The number of nitrogens with zero attached hydrogens (tertiary/aromatic N) is 1. The van der Waals surface area contributed by atoms with Crippen LogP contribution in [0, 0.1) is 0 Å². The molecule has 0 unspecified atom stereocenters. The number of aryl methyl sites for hydroxylation is 1. The summed E-state index contributed by atoms with van der Waals surface area (Å²) in [6, 6.07) is 26.2. The molecule has 0 saturated carbocycles. The molecule has 5 heteroatoms. The number of rotatable bonds is 5. The van der Waals surface area contributed by atoms with Crippen LogP contribution in [0.3, 0.4) is 0 Å². The zero-order valence-electron chi connectivity index (χ0n) is 17.8. The van der Waals surface area contributed by atoms with Gasteiger partial charge in [0.2, 0.25) is 11.8 Å². The molecule has 0 aliphatic rings. The van der Waals surface area contributed by atoms with Crippen molar-refractivity contribution in [1.29, 1.82) is 0 Å². The Kier molecular flexibility index (Phi) is 4.37. The first-order valence-corrected chi connectivity index (χ1v) is 11.0. The number of aromatic nitrogens is 1. The molecule has 0 atom stereocenters. The minimum absolute atomic E-state index is 0.164. The van der Waals surface area contributed by atoms with Crippen molar-refractivity contribution in [3.63, 3.8) is 0 Å². The predicted octanol–water partition coefficient (Wildman–Crippen LogP) is 5.93. The van der Waals surface area contributed by atoms with E-state index in [0.29, 0.717) is 12.8 Å². The van der Waals surface area contributed by atoms with Gasteiger partial charge in [0, 0.05) is 18.6 Å². The third-order valence-corrected chi connectivity index (χ3v) is 6.41. The number of hydrogen-bond acceptors (Lipinski definition) is 4. The highest BCUT2D eigenvalue weighted by atomic mass is 16.7. The summed E-state index contributed by atoms with van der Waals surface area (Å²) in [4.78, 5) is 17.4. The summed E-state index contributed by atoms with van der Waals surface area (Å²) in [5, 5.41) is 29.2. The van der Waals surface area contributed by atoms with Crippen LogP contribution < -0.4 is 4.84 Å². The number of benzene rings is 5. The maximum Gasteiger partial charge on any atom is 0.333 e. The summed E-state index contributed by atoms with van der Waals surface area (Å²) >= 11 is 0. The van der Waals surface area contributed by atoms with Crippen LogP contribution in [0.15, 0.2) is 78.9 Å². The Labute approximate surface area is 189 Å². The molecular weight excluding hydrogens is 414 g/mol. The Morgan fingerprint density at radius 2 is 1.30 bits per heavy atom. The van der Waals surface area contributed by atoms with Gasteiger partial charge in [0.05, 0.1) is 0 Å². The van der Waals surface area contributed by atoms with Crippen LogP contribution in [-0.4, -0.2) is 20.9 Å². The maximum absolute atomic E-state index is 12.3. The molecule has 0 radical (unpaired) electrons. The molecular formula is C28H21NO4. The highest BCUT2D eigenvalue weighted by molar-refractivity contribution is 6.33. The molecule has 162 valence electrons. The van der Waals surface area contributed by atoms with Crippen molar-refractivity contribution >= 4 is 49.1 Å². The standard InChI is InChI=1S/C28H21NO4/c30-23-15-16-24(31)29(23)33-25(32)12-4-8-19-14-13-18-7-2-10-21-20-9-1-5-17-6-3-11-22(26(17)20)28(19)27(18)21/h1-3,5-7,9-11,13-16,30-31H,4,8,12H2. The van der Waals surface area contributed by atoms with Gasteiger partial charge in [0.1, 0.15) is 0 Å². The summed E-state index contributed by atoms with van der Waals surface area (Å²) in [7, 11) is 0. The molecule has 6 aromatic rings. The van der Waals surface area contributed by atoms with Crippen molar-refractivity contribution in [2.45, 2.75) is 19.3 Å². The van der Waals surface area contributed by atoms with Crippen LogP contribution in [0.2, 0.25) is 0 Å². The third-order valence-electron chi connectivity index (χ3n) is 6.41. The summed E-state index contributed by atoms with van der Waals surface area (Å²) in [6.45, 7) is 0. The van der Waals surface area contributed by atoms with E-state index in [4.69, 9.17) is 4.84 Å². The maximum atomic E-state index is 12.3. The lowest BCUT2D eigenvalue weighted by Gasteiger charge is -2.17. The van der Waals surface area contributed by atoms with Crippen molar-refractivity contribution < 1.29 is 19.8 Å². The summed E-state index contributed by atoms with van der Waals surface area (Å²) < 4.78 is 0.728. The van der Waals surface area contributed by atoms with Crippen molar-refractivity contribution in [1.82, 2.24) is 4.73 Å². The quantitative estimate of drug-likeness (QED) is 0.260. The lowest BCUT2D eigenvalue weighted by molar-refractivity contribution is -0.145. The summed E-state index contributed by atoms with van der Waals surface area (Å²) in [5.41, 5.74) is 1.19. The molecule has 1 heterocycles. The van der Waals surface area contributed by atoms with E-state index in [2.05, 4.69) is 66.7 Å². The number of carbonyl (C=O) groups is 1. The Bertz CT molecular complexity index is 1640. The van der Waals surface area contributed by atoms with Crippen molar-refractivity contribution in [2.75, 3.05) is 0 Å². The van der Waals surface area contributed by atoms with E-state index in [1.807, 2.05) is 0 Å². The van der Waals surface area contributed by atoms with Crippen LogP contribution in [0.25, 0.3) is 43.1 Å². The first-order chi connectivity index (χ1) is 16.1. The molecule has 0 fully saturated rings. The van der Waals surface area contributed by atoms with E-state index < -0.39 is 5.97 Å². The largest absolute Gasteiger partial charge is 0.492 e. The van der Waals surface area contributed by atoms with E-state index >= 15 is 0 Å². The Morgan fingerprint density at radius 3 is 2.00 bits per heavy atom. The molecule has 0 aliphatic carbocycles. The van der Waals surface area contributed by atoms with E-state index in [0.717, 1.165) is 4.73 Å². The van der Waals surface area contributed by atoms with Gasteiger partial charge in [-0.15, -0.1) is 4.73 Å². The highest BCUT2D eigenvalue weighted by Crippen LogP contribution is 2.41. The lowest BCUT2D eigenvalue weighted by Crippen LogP contribution is -2.18. The van der Waals surface area contributed by atoms with Gasteiger partial charge in [0.25, 0.3) is 0 Å². The van der Waals surface area contributed by atoms with E-state index in [-0.39, 0.29) is 18.2 Å². The molecule has 0 aliphatic heterocycles. The zero-order chi connectivity index (χ0) is 22.5. The fraction of sp³-hybridized carbons (Fsp3) is 0.107. The third kappa shape index (κ3) is 3.04. The first-order valence-electron chi connectivity index (χ1n) is 11.0. The van der Waals surface area contributed by atoms with Crippen LogP contribution in [0.1, 0.15) is 18.4 Å². The van der Waals surface area contributed by atoms with E-state index in [9.17, 15) is 15.0 Å². The van der Waals surface area contributed by atoms with Crippen molar-refractivity contribution in [3.8, 4) is 11.8 Å². The number of carbonyl (C=O) groups excluding carboxylic acids is 1. The molecule has 0 saturated heterocycles. The zero-order valence-corrected chi connectivity index (χ0v) is 17.8. The lowest BCUT2D eigenvalue weighted by atomic mass is 9.87. The van der Waals surface area contributed by atoms with Gasteiger partial charge in [-0.3, -0.25) is 0 Å². The predicted molar refractivity (Wildman–Crippen MR) is 130 cm³/mol. The fourth-order valence-corrected chi connectivity index (χ4v) is 5.00. The van der Waals surface area contributed by atoms with Gasteiger partial charge >= 0.3 is 5.97 Å². The monoisotopic (exact) mass is 435 g/mol. The second kappa shape index (κ2) is 7.41. The number of aromatic hydroxyl groups is 2. The normalized spacial score (nSPS) is 11.8. The minimum atomic E-state index is -0.514. The van der Waals surface area contributed by atoms with Crippen molar-refractivity contribution in [2.24, 2.45) is 0 Å². The average molecular weight is 435 g/mol. The van der Waals surface area contributed by atoms with Crippen LogP contribution in [0.4, 0.5) is 0 Å². The topological polar surface area (TPSA) is 71.7 Å². The Morgan fingerprint density at radius 1 is 0.697 bits per heavy atom. The molecule has 5 nitrogen and oxygen atoms in total. The van der Waals surface area contributed by atoms with Crippen LogP contribution in [-0.2, 0) is 11.2 Å². The summed E-state index contributed by atoms with van der Waals surface area (Å²) in [5.74, 6) is -1.16. The minimum Gasteiger partial charge on any atom is -0.492 e. The van der Waals surface area contributed by atoms with Gasteiger partial charge in [-0.2, -0.15) is 0 Å².